The molecule has 1 rings (SSSR count). The zero-order valence-corrected chi connectivity index (χ0v) is 11.3. The quantitative estimate of drug-likeness (QED) is 0.727. The summed E-state index contributed by atoms with van der Waals surface area (Å²) in [6, 6.07) is 0. The van der Waals surface area contributed by atoms with Gasteiger partial charge in [-0.2, -0.15) is 0 Å². The van der Waals surface area contributed by atoms with Crippen molar-refractivity contribution in [3.8, 4) is 0 Å². The van der Waals surface area contributed by atoms with Gasteiger partial charge in [-0.15, -0.1) is 5.10 Å². The summed E-state index contributed by atoms with van der Waals surface area (Å²) in [7, 11) is 3.19. The fourth-order valence-corrected chi connectivity index (χ4v) is 1.50. The lowest BCUT2D eigenvalue weighted by molar-refractivity contribution is -0.130. The van der Waals surface area contributed by atoms with Crippen LogP contribution in [0.15, 0.2) is 0 Å². The minimum Gasteiger partial charge on any atom is -0.476 e. The van der Waals surface area contributed by atoms with Crippen LogP contribution in [0.4, 0.5) is 0 Å². The molecule has 0 bridgehead atoms. The van der Waals surface area contributed by atoms with Crippen molar-refractivity contribution >= 4 is 11.9 Å². The van der Waals surface area contributed by atoms with Crippen LogP contribution >= 0.6 is 0 Å². The van der Waals surface area contributed by atoms with Gasteiger partial charge in [0.05, 0.1) is 12.3 Å². The normalized spacial score (nSPS) is 10.5. The lowest BCUT2D eigenvalue weighted by Crippen LogP contribution is -2.31. The van der Waals surface area contributed by atoms with Crippen LogP contribution in [0, 0.1) is 0 Å². The summed E-state index contributed by atoms with van der Waals surface area (Å²) in [4.78, 5) is 24.4. The van der Waals surface area contributed by atoms with Crippen molar-refractivity contribution < 1.29 is 19.4 Å². The first-order chi connectivity index (χ1) is 9.01. The summed E-state index contributed by atoms with van der Waals surface area (Å²) in [5.74, 6) is -1.31. The summed E-state index contributed by atoms with van der Waals surface area (Å²) in [5, 5.41) is 16.3. The molecule has 0 spiro atoms. The molecule has 0 aliphatic carbocycles. The Kier molecular flexibility index (Phi) is 5.43. The van der Waals surface area contributed by atoms with Gasteiger partial charge in [0, 0.05) is 27.1 Å². The minimum absolute atomic E-state index is 0.0241. The maximum Gasteiger partial charge on any atom is 0.358 e. The van der Waals surface area contributed by atoms with E-state index in [9.17, 15) is 9.59 Å². The second-order valence-electron chi connectivity index (χ2n) is 4.00. The van der Waals surface area contributed by atoms with Crippen LogP contribution in [0.3, 0.4) is 0 Å². The van der Waals surface area contributed by atoms with E-state index in [-0.39, 0.29) is 18.1 Å². The minimum atomic E-state index is -1.16. The summed E-state index contributed by atoms with van der Waals surface area (Å²) in [6.45, 7) is 2.75. The maximum atomic E-state index is 11.8. The Morgan fingerprint density at radius 2 is 2.16 bits per heavy atom. The van der Waals surface area contributed by atoms with Crippen molar-refractivity contribution in [2.45, 2.75) is 19.9 Å². The van der Waals surface area contributed by atoms with Crippen molar-refractivity contribution in [3.63, 3.8) is 0 Å². The first-order valence-electron chi connectivity index (χ1n) is 5.89. The Hall–Kier alpha value is -1.96. The van der Waals surface area contributed by atoms with E-state index in [0.717, 1.165) is 0 Å². The highest BCUT2D eigenvalue weighted by atomic mass is 16.5. The number of carboxylic acids is 1. The Balaban J connectivity index is 2.93. The third kappa shape index (κ3) is 3.75. The summed E-state index contributed by atoms with van der Waals surface area (Å²) in [5.41, 5.74) is 0.260. The smallest absolute Gasteiger partial charge is 0.358 e. The number of amides is 1. The number of aromatic nitrogens is 3. The fraction of sp³-hybridized carbons (Fsp3) is 0.636. The molecule has 0 saturated heterocycles. The van der Waals surface area contributed by atoms with Crippen LogP contribution in [0.2, 0.25) is 0 Å². The molecule has 19 heavy (non-hydrogen) atoms. The number of hydrogen-bond acceptors (Lipinski definition) is 5. The third-order valence-corrected chi connectivity index (χ3v) is 2.77. The molecule has 0 aromatic carbocycles. The highest BCUT2D eigenvalue weighted by Gasteiger charge is 2.20. The van der Waals surface area contributed by atoms with Crippen LogP contribution in [-0.2, 0) is 22.5 Å². The molecule has 0 radical (unpaired) electrons. The van der Waals surface area contributed by atoms with Crippen LogP contribution in [-0.4, -0.2) is 64.2 Å². The van der Waals surface area contributed by atoms with Gasteiger partial charge < -0.3 is 14.7 Å². The highest BCUT2D eigenvalue weighted by molar-refractivity contribution is 5.86. The number of likely N-dealkylation sites (N-methyl/N-ethyl adjacent to an activating group) is 1. The summed E-state index contributed by atoms with van der Waals surface area (Å²) in [6.07, 6.45) is 0.342. The lowest BCUT2D eigenvalue weighted by atomic mass is 10.2. The van der Waals surface area contributed by atoms with Gasteiger partial charge in [0.15, 0.2) is 5.69 Å². The third-order valence-electron chi connectivity index (χ3n) is 2.77. The number of methoxy groups -OCH3 is 1. The van der Waals surface area contributed by atoms with Gasteiger partial charge in [0.2, 0.25) is 5.91 Å². The molecule has 0 unspecified atom stereocenters. The SMILES string of the molecule is CCN(C)C(=O)Cn1nnc(C(=O)O)c1CCOC. The van der Waals surface area contributed by atoms with Crippen molar-refractivity contribution in [3.05, 3.63) is 11.4 Å². The number of carbonyl (C=O) groups excluding carboxylic acids is 1. The second kappa shape index (κ2) is 6.83. The molecule has 1 amide bonds. The molecular formula is C11H18N4O4. The fourth-order valence-electron chi connectivity index (χ4n) is 1.50. The van der Waals surface area contributed by atoms with Crippen molar-refractivity contribution in [2.24, 2.45) is 0 Å². The Morgan fingerprint density at radius 1 is 1.47 bits per heavy atom. The van der Waals surface area contributed by atoms with Crippen LogP contribution in [0.1, 0.15) is 23.1 Å². The zero-order chi connectivity index (χ0) is 14.4. The van der Waals surface area contributed by atoms with Crippen molar-refractivity contribution in [1.29, 1.82) is 0 Å². The average Bonchev–Trinajstić information content (AvgIpc) is 2.78. The molecule has 0 aliphatic heterocycles. The van der Waals surface area contributed by atoms with E-state index in [1.54, 1.807) is 7.05 Å². The molecule has 0 atom stereocenters. The van der Waals surface area contributed by atoms with Gasteiger partial charge in [-0.25, -0.2) is 9.48 Å². The molecule has 0 fully saturated rings. The van der Waals surface area contributed by atoms with Crippen LogP contribution < -0.4 is 0 Å². The highest BCUT2D eigenvalue weighted by Crippen LogP contribution is 2.07. The van der Waals surface area contributed by atoms with E-state index in [4.69, 9.17) is 9.84 Å². The molecular weight excluding hydrogens is 252 g/mol. The Labute approximate surface area is 111 Å². The number of rotatable bonds is 7. The lowest BCUT2D eigenvalue weighted by Gasteiger charge is -2.15. The molecule has 1 aromatic heterocycles. The number of hydrogen-bond donors (Lipinski definition) is 1. The van der Waals surface area contributed by atoms with Gasteiger partial charge in [-0.3, -0.25) is 4.79 Å². The second-order valence-corrected chi connectivity index (χ2v) is 4.00. The van der Waals surface area contributed by atoms with Crippen LogP contribution in [0.25, 0.3) is 0 Å². The molecule has 106 valence electrons. The molecule has 8 nitrogen and oxygen atoms in total. The largest absolute Gasteiger partial charge is 0.476 e. The van der Waals surface area contributed by atoms with Gasteiger partial charge in [-0.05, 0) is 6.92 Å². The Bertz CT molecular complexity index is 458. The average molecular weight is 270 g/mol. The van der Waals surface area contributed by atoms with E-state index in [1.165, 1.54) is 16.7 Å². The van der Waals surface area contributed by atoms with E-state index in [0.29, 0.717) is 25.3 Å². The monoisotopic (exact) mass is 270 g/mol. The van der Waals surface area contributed by atoms with E-state index >= 15 is 0 Å². The first kappa shape index (κ1) is 15.1. The standard InChI is InChI=1S/C11H18N4O4/c1-4-14(2)9(16)7-15-8(5-6-19-3)10(11(17)18)12-13-15/h4-7H2,1-3H3,(H,17,18). The van der Waals surface area contributed by atoms with E-state index in [1.807, 2.05) is 6.92 Å². The predicted molar refractivity (Wildman–Crippen MR) is 65.9 cm³/mol. The molecule has 1 N–H and O–H groups in total. The topological polar surface area (TPSA) is 97.6 Å². The van der Waals surface area contributed by atoms with E-state index in [2.05, 4.69) is 10.3 Å². The molecule has 0 aliphatic rings. The van der Waals surface area contributed by atoms with Gasteiger partial charge in [0.1, 0.15) is 6.54 Å². The summed E-state index contributed by atoms with van der Waals surface area (Å²) < 4.78 is 6.24. The maximum absolute atomic E-state index is 11.8. The van der Waals surface area contributed by atoms with Crippen LogP contribution in [0.5, 0.6) is 0 Å². The summed E-state index contributed by atoms with van der Waals surface area (Å²) >= 11 is 0. The number of nitrogens with zero attached hydrogens (tertiary/aromatic N) is 4. The zero-order valence-electron chi connectivity index (χ0n) is 11.3. The number of carbonyl (C=O) groups is 2. The van der Waals surface area contributed by atoms with Crippen molar-refractivity contribution in [1.82, 2.24) is 19.9 Å². The van der Waals surface area contributed by atoms with E-state index < -0.39 is 5.97 Å². The van der Waals surface area contributed by atoms with Gasteiger partial charge in [0.25, 0.3) is 0 Å². The molecule has 8 heteroatoms. The van der Waals surface area contributed by atoms with Crippen molar-refractivity contribution in [2.75, 3.05) is 27.3 Å². The molecule has 0 saturated carbocycles. The Morgan fingerprint density at radius 3 is 2.68 bits per heavy atom. The predicted octanol–water partition coefficient (Wildman–Crippen LogP) is -0.356. The number of carboxylic acid groups (broad SMARTS) is 1. The first-order valence-corrected chi connectivity index (χ1v) is 5.89. The number of ether oxygens (including phenoxy) is 1. The van der Waals surface area contributed by atoms with Gasteiger partial charge >= 0.3 is 5.97 Å². The molecule has 1 aromatic rings. The van der Waals surface area contributed by atoms with Gasteiger partial charge in [-0.1, -0.05) is 5.21 Å². The molecule has 1 heterocycles. The number of aromatic carboxylic acids is 1.